The van der Waals surface area contributed by atoms with Gasteiger partial charge < -0.3 is 4.74 Å². The third-order valence-electron chi connectivity index (χ3n) is 3.96. The van der Waals surface area contributed by atoms with Gasteiger partial charge in [0, 0.05) is 19.0 Å². The minimum absolute atomic E-state index is 0.124. The molecule has 0 unspecified atom stereocenters. The Kier molecular flexibility index (Phi) is 4.41. The molecule has 1 aliphatic heterocycles. The smallest absolute Gasteiger partial charge is 0.257 e. The van der Waals surface area contributed by atoms with Crippen LogP contribution in [0.4, 0.5) is 0 Å². The van der Waals surface area contributed by atoms with Gasteiger partial charge in [0.1, 0.15) is 5.75 Å². The summed E-state index contributed by atoms with van der Waals surface area (Å²) in [5, 5.41) is 4.41. The lowest BCUT2D eigenvalue weighted by molar-refractivity contribution is 0.223. The summed E-state index contributed by atoms with van der Waals surface area (Å²) in [6.45, 7) is 5.05. The van der Waals surface area contributed by atoms with Crippen LogP contribution in [0.15, 0.2) is 35.4 Å². The maximum Gasteiger partial charge on any atom is 0.257 e. The lowest BCUT2D eigenvalue weighted by Gasteiger charge is -2.25. The summed E-state index contributed by atoms with van der Waals surface area (Å²) in [4.78, 5) is 0. The van der Waals surface area contributed by atoms with Crippen molar-refractivity contribution in [3.8, 4) is 5.75 Å². The van der Waals surface area contributed by atoms with Crippen molar-refractivity contribution in [3.05, 3.63) is 41.6 Å². The molecule has 23 heavy (non-hydrogen) atoms. The Morgan fingerprint density at radius 2 is 2.17 bits per heavy atom. The first-order valence-corrected chi connectivity index (χ1v) is 9.22. The minimum atomic E-state index is -3.56. The molecule has 1 N–H and O–H groups in total. The fourth-order valence-electron chi connectivity index (χ4n) is 2.79. The van der Waals surface area contributed by atoms with E-state index in [1.54, 1.807) is 13.0 Å². The average Bonchev–Trinajstić information content (AvgIpc) is 2.95. The van der Waals surface area contributed by atoms with Crippen LogP contribution in [0, 0.1) is 12.8 Å². The van der Waals surface area contributed by atoms with Gasteiger partial charge in [-0.3, -0.25) is 4.68 Å². The molecule has 0 saturated heterocycles. The van der Waals surface area contributed by atoms with Crippen molar-refractivity contribution in [3.63, 3.8) is 0 Å². The number of hydrogen-bond acceptors (Lipinski definition) is 4. The highest BCUT2D eigenvalue weighted by atomic mass is 32.2. The standard InChI is InChI=1S/C16H21N3O3S/c1-3-19-16(8-12(2)18-19)23(20,21)17-10-13-9-14-6-4-5-7-15(14)22-11-13/h4-8,13,17H,3,9-11H2,1-2H3/t13-/m0/s1. The molecule has 1 aromatic heterocycles. The second-order valence-electron chi connectivity index (χ2n) is 5.78. The third-order valence-corrected chi connectivity index (χ3v) is 5.38. The van der Waals surface area contributed by atoms with E-state index in [1.807, 2.05) is 31.2 Å². The second-order valence-corrected chi connectivity index (χ2v) is 7.49. The zero-order valence-electron chi connectivity index (χ0n) is 13.3. The molecule has 0 saturated carbocycles. The number of sulfonamides is 1. The van der Waals surface area contributed by atoms with Crippen LogP contribution in [-0.4, -0.2) is 31.3 Å². The van der Waals surface area contributed by atoms with Crippen molar-refractivity contribution < 1.29 is 13.2 Å². The predicted molar refractivity (Wildman–Crippen MR) is 87.0 cm³/mol. The molecule has 1 aromatic carbocycles. The van der Waals surface area contributed by atoms with E-state index < -0.39 is 10.0 Å². The summed E-state index contributed by atoms with van der Waals surface area (Å²) >= 11 is 0. The van der Waals surface area contributed by atoms with Crippen molar-refractivity contribution in [2.24, 2.45) is 5.92 Å². The van der Waals surface area contributed by atoms with Crippen molar-refractivity contribution in [1.29, 1.82) is 0 Å². The number of nitrogens with one attached hydrogen (secondary N) is 1. The summed E-state index contributed by atoms with van der Waals surface area (Å²) in [6.07, 6.45) is 0.810. The molecule has 3 rings (SSSR count). The second kappa shape index (κ2) is 6.33. The number of hydrogen-bond donors (Lipinski definition) is 1. The fourth-order valence-corrected chi connectivity index (χ4v) is 4.16. The van der Waals surface area contributed by atoms with Gasteiger partial charge >= 0.3 is 0 Å². The number of fused-ring (bicyclic) bond motifs is 1. The molecular weight excluding hydrogens is 314 g/mol. The molecule has 0 aliphatic carbocycles. The predicted octanol–water partition coefficient (Wildman–Crippen LogP) is 1.74. The van der Waals surface area contributed by atoms with E-state index in [0.717, 1.165) is 17.7 Å². The lowest BCUT2D eigenvalue weighted by atomic mass is 9.97. The summed E-state index contributed by atoms with van der Waals surface area (Å²) in [5.74, 6) is 1.02. The van der Waals surface area contributed by atoms with Gasteiger partial charge in [-0.2, -0.15) is 5.10 Å². The van der Waals surface area contributed by atoms with Crippen molar-refractivity contribution in [2.45, 2.75) is 31.8 Å². The number of aryl methyl sites for hydroxylation is 2. The molecule has 2 heterocycles. The Morgan fingerprint density at radius 1 is 1.39 bits per heavy atom. The summed E-state index contributed by atoms with van der Waals surface area (Å²) in [7, 11) is -3.56. The highest BCUT2D eigenvalue weighted by Crippen LogP contribution is 2.26. The summed E-state index contributed by atoms with van der Waals surface area (Å²) < 4.78 is 34.9. The quantitative estimate of drug-likeness (QED) is 0.903. The maximum absolute atomic E-state index is 12.5. The number of nitrogens with zero attached hydrogens (tertiary/aromatic N) is 2. The zero-order valence-corrected chi connectivity index (χ0v) is 14.1. The molecule has 0 spiro atoms. The van der Waals surface area contributed by atoms with Crippen LogP contribution in [0.25, 0.3) is 0 Å². The van der Waals surface area contributed by atoms with Crippen LogP contribution in [0.1, 0.15) is 18.2 Å². The van der Waals surface area contributed by atoms with E-state index in [4.69, 9.17) is 4.74 Å². The molecular formula is C16H21N3O3S. The zero-order chi connectivity index (χ0) is 16.4. The van der Waals surface area contributed by atoms with Gasteiger partial charge in [0.05, 0.1) is 12.3 Å². The first-order valence-electron chi connectivity index (χ1n) is 7.74. The molecule has 6 nitrogen and oxygen atoms in total. The largest absolute Gasteiger partial charge is 0.493 e. The van der Waals surface area contributed by atoms with Crippen molar-refractivity contribution in [2.75, 3.05) is 13.2 Å². The van der Waals surface area contributed by atoms with E-state index in [1.165, 1.54) is 4.68 Å². The molecule has 2 aromatic rings. The highest BCUT2D eigenvalue weighted by Gasteiger charge is 2.24. The number of aromatic nitrogens is 2. The van der Waals surface area contributed by atoms with E-state index in [2.05, 4.69) is 9.82 Å². The topological polar surface area (TPSA) is 73.2 Å². The van der Waals surface area contributed by atoms with Crippen molar-refractivity contribution in [1.82, 2.24) is 14.5 Å². The molecule has 0 bridgehead atoms. The number of ether oxygens (including phenoxy) is 1. The molecule has 1 aliphatic rings. The molecule has 0 radical (unpaired) electrons. The SMILES string of the molecule is CCn1nc(C)cc1S(=O)(=O)NC[C@H]1COc2ccccc2C1. The first kappa shape index (κ1) is 16.0. The average molecular weight is 335 g/mol. The Labute approximate surface area is 136 Å². The molecule has 0 amide bonds. The lowest BCUT2D eigenvalue weighted by Crippen LogP contribution is -2.35. The number of para-hydroxylation sites is 1. The van der Waals surface area contributed by atoms with Crippen LogP contribution in [0.3, 0.4) is 0 Å². The summed E-state index contributed by atoms with van der Waals surface area (Å²) in [5.41, 5.74) is 1.82. The molecule has 7 heteroatoms. The van der Waals surface area contributed by atoms with E-state index >= 15 is 0 Å². The normalized spacial score (nSPS) is 17.6. The van der Waals surface area contributed by atoms with Crippen LogP contribution in [0.5, 0.6) is 5.75 Å². The van der Waals surface area contributed by atoms with Gasteiger partial charge in [0.25, 0.3) is 10.0 Å². The van der Waals surface area contributed by atoms with Crippen molar-refractivity contribution >= 4 is 10.0 Å². The van der Waals surface area contributed by atoms with E-state index in [0.29, 0.717) is 25.4 Å². The first-order chi connectivity index (χ1) is 11.0. The van der Waals surface area contributed by atoms with Gasteiger partial charge in [-0.05, 0) is 38.0 Å². The minimum Gasteiger partial charge on any atom is -0.493 e. The fraction of sp³-hybridized carbons (Fsp3) is 0.438. The van der Waals surface area contributed by atoms with E-state index in [9.17, 15) is 8.42 Å². The molecule has 124 valence electrons. The van der Waals surface area contributed by atoms with Gasteiger partial charge in [0.2, 0.25) is 0 Å². The molecule has 0 fully saturated rings. The Hall–Kier alpha value is -1.86. The summed E-state index contributed by atoms with van der Waals surface area (Å²) in [6, 6.07) is 9.47. The van der Waals surface area contributed by atoms with Crippen LogP contribution >= 0.6 is 0 Å². The van der Waals surface area contributed by atoms with Crippen LogP contribution in [-0.2, 0) is 23.0 Å². The Bertz CT molecular complexity index is 799. The van der Waals surface area contributed by atoms with Crippen LogP contribution in [0.2, 0.25) is 0 Å². The van der Waals surface area contributed by atoms with Gasteiger partial charge in [-0.15, -0.1) is 0 Å². The maximum atomic E-state index is 12.5. The van der Waals surface area contributed by atoms with Gasteiger partial charge in [0.15, 0.2) is 5.03 Å². The van der Waals surface area contributed by atoms with Gasteiger partial charge in [-0.1, -0.05) is 18.2 Å². The highest BCUT2D eigenvalue weighted by molar-refractivity contribution is 7.89. The number of benzene rings is 1. The number of rotatable bonds is 5. The Morgan fingerprint density at radius 3 is 2.96 bits per heavy atom. The third kappa shape index (κ3) is 3.40. The van der Waals surface area contributed by atoms with E-state index in [-0.39, 0.29) is 10.9 Å². The monoisotopic (exact) mass is 335 g/mol. The van der Waals surface area contributed by atoms with Crippen LogP contribution < -0.4 is 9.46 Å². The van der Waals surface area contributed by atoms with Gasteiger partial charge in [-0.25, -0.2) is 13.1 Å². The Balaban J connectivity index is 1.68. The molecule has 1 atom stereocenters.